The van der Waals surface area contributed by atoms with E-state index in [-0.39, 0.29) is 23.1 Å². The number of aryl methyl sites for hydroxylation is 2. The second-order valence-corrected chi connectivity index (χ2v) is 14.5. The molecule has 0 bridgehead atoms. The number of ether oxygens (including phenoxy) is 1. The molecular weight excluding hydrogens is 647 g/mol. The van der Waals surface area contributed by atoms with Crippen LogP contribution in [0.5, 0.6) is 5.75 Å². The van der Waals surface area contributed by atoms with Gasteiger partial charge in [-0.1, -0.05) is 94.8 Å². The predicted molar refractivity (Wildman–Crippen MR) is 214 cm³/mol. The number of pyridine rings is 2. The second kappa shape index (κ2) is 17.5. The molecule has 2 N–H and O–H groups in total. The van der Waals surface area contributed by atoms with Crippen LogP contribution in [0.2, 0.25) is 0 Å². The van der Waals surface area contributed by atoms with Crippen LogP contribution in [-0.4, -0.2) is 46.7 Å². The molecule has 0 radical (unpaired) electrons. The first-order chi connectivity index (χ1) is 25.3. The van der Waals surface area contributed by atoms with Crippen molar-refractivity contribution in [3.63, 3.8) is 0 Å². The SMILES string of the molecule is CC(C)c1cccc(C(C)C)c1NC(=O)Nc1c(-c2cccc(OCCCN3CCCCC3)c2)c2cccnc2n(CCCc2ccccc2)c1=O. The summed E-state index contributed by atoms with van der Waals surface area (Å²) in [5, 5.41) is 6.99. The monoisotopic (exact) mass is 699 g/mol. The average Bonchev–Trinajstić information content (AvgIpc) is 3.15. The highest BCUT2D eigenvalue weighted by Gasteiger charge is 2.23. The van der Waals surface area contributed by atoms with Crippen molar-refractivity contribution in [1.82, 2.24) is 14.5 Å². The molecule has 2 aromatic heterocycles. The van der Waals surface area contributed by atoms with E-state index in [1.807, 2.05) is 60.7 Å². The Morgan fingerprint density at radius 3 is 2.23 bits per heavy atom. The van der Waals surface area contributed by atoms with Gasteiger partial charge in [0.2, 0.25) is 0 Å². The summed E-state index contributed by atoms with van der Waals surface area (Å²) in [5.41, 5.74) is 6.01. The molecule has 3 aromatic carbocycles. The number of benzene rings is 3. The molecule has 52 heavy (non-hydrogen) atoms. The van der Waals surface area contributed by atoms with Gasteiger partial charge in [0.1, 0.15) is 17.1 Å². The Morgan fingerprint density at radius 1 is 0.788 bits per heavy atom. The van der Waals surface area contributed by atoms with Gasteiger partial charge in [0.05, 0.1) is 6.61 Å². The van der Waals surface area contributed by atoms with Gasteiger partial charge in [0.15, 0.2) is 0 Å². The molecule has 1 aliphatic heterocycles. The number of carbonyl (C=O) groups excluding carboxylic acids is 1. The van der Waals surface area contributed by atoms with Gasteiger partial charge in [-0.2, -0.15) is 0 Å². The fraction of sp³-hybridized carbons (Fsp3) is 0.386. The zero-order chi connectivity index (χ0) is 36.5. The molecule has 0 spiro atoms. The van der Waals surface area contributed by atoms with E-state index in [4.69, 9.17) is 9.72 Å². The molecule has 2 amide bonds. The molecule has 1 fully saturated rings. The Balaban J connectivity index is 1.36. The highest BCUT2D eigenvalue weighted by atomic mass is 16.5. The van der Waals surface area contributed by atoms with Crippen molar-refractivity contribution in [1.29, 1.82) is 0 Å². The number of carbonyl (C=O) groups is 1. The Labute approximate surface area is 308 Å². The first kappa shape index (κ1) is 36.8. The highest BCUT2D eigenvalue weighted by molar-refractivity contribution is 6.07. The molecule has 5 aromatic rings. The molecule has 8 heteroatoms. The van der Waals surface area contributed by atoms with Gasteiger partial charge in [-0.15, -0.1) is 0 Å². The number of urea groups is 1. The number of amides is 2. The molecule has 1 saturated heterocycles. The number of anilines is 2. The molecule has 3 heterocycles. The number of hydrogen-bond donors (Lipinski definition) is 2. The number of para-hydroxylation sites is 1. The number of fused-ring (bicyclic) bond motifs is 1. The zero-order valence-electron chi connectivity index (χ0n) is 31.2. The Bertz CT molecular complexity index is 1990. The lowest BCUT2D eigenvalue weighted by Gasteiger charge is -2.26. The summed E-state index contributed by atoms with van der Waals surface area (Å²) < 4.78 is 7.97. The topological polar surface area (TPSA) is 88.5 Å². The lowest BCUT2D eigenvalue weighted by atomic mass is 9.93. The van der Waals surface area contributed by atoms with Gasteiger partial charge in [-0.25, -0.2) is 9.78 Å². The van der Waals surface area contributed by atoms with Gasteiger partial charge >= 0.3 is 6.03 Å². The second-order valence-electron chi connectivity index (χ2n) is 14.5. The van der Waals surface area contributed by atoms with E-state index >= 15 is 0 Å². The van der Waals surface area contributed by atoms with E-state index < -0.39 is 6.03 Å². The highest BCUT2D eigenvalue weighted by Crippen LogP contribution is 2.36. The quantitative estimate of drug-likeness (QED) is 0.113. The molecular formula is C44H53N5O3. The minimum atomic E-state index is -0.461. The van der Waals surface area contributed by atoms with Crippen LogP contribution in [0.4, 0.5) is 16.2 Å². The van der Waals surface area contributed by atoms with Crippen molar-refractivity contribution in [2.45, 2.75) is 84.6 Å². The molecule has 0 saturated carbocycles. The Morgan fingerprint density at radius 2 is 1.50 bits per heavy atom. The van der Waals surface area contributed by atoms with Crippen LogP contribution in [0.1, 0.15) is 88.3 Å². The number of nitrogens with zero attached hydrogens (tertiary/aromatic N) is 3. The van der Waals surface area contributed by atoms with E-state index in [1.165, 1.54) is 37.9 Å². The molecule has 1 aliphatic rings. The lowest BCUT2D eigenvalue weighted by Crippen LogP contribution is -2.31. The van der Waals surface area contributed by atoms with Crippen LogP contribution >= 0.6 is 0 Å². The van der Waals surface area contributed by atoms with Crippen molar-refractivity contribution >= 4 is 28.4 Å². The van der Waals surface area contributed by atoms with E-state index in [9.17, 15) is 9.59 Å². The number of piperidine rings is 1. The van der Waals surface area contributed by atoms with Gasteiger partial charge in [-0.05, 0) is 104 Å². The van der Waals surface area contributed by atoms with Gasteiger partial charge in [0, 0.05) is 35.9 Å². The van der Waals surface area contributed by atoms with Crippen molar-refractivity contribution in [3.8, 4) is 16.9 Å². The van der Waals surface area contributed by atoms with Crippen LogP contribution in [0.3, 0.4) is 0 Å². The minimum Gasteiger partial charge on any atom is -0.494 e. The van der Waals surface area contributed by atoms with Gasteiger partial charge in [0.25, 0.3) is 5.56 Å². The lowest BCUT2D eigenvalue weighted by molar-refractivity contribution is 0.205. The van der Waals surface area contributed by atoms with E-state index in [0.717, 1.165) is 59.3 Å². The molecule has 0 atom stereocenters. The van der Waals surface area contributed by atoms with Gasteiger partial charge < -0.3 is 20.3 Å². The van der Waals surface area contributed by atoms with Crippen molar-refractivity contribution in [3.05, 3.63) is 118 Å². The van der Waals surface area contributed by atoms with Gasteiger partial charge in [-0.3, -0.25) is 9.36 Å². The smallest absolute Gasteiger partial charge is 0.323 e. The van der Waals surface area contributed by atoms with Crippen molar-refractivity contribution < 1.29 is 9.53 Å². The number of nitrogens with one attached hydrogen (secondary N) is 2. The van der Waals surface area contributed by atoms with Crippen molar-refractivity contribution in [2.75, 3.05) is 36.9 Å². The van der Waals surface area contributed by atoms with Crippen molar-refractivity contribution in [2.24, 2.45) is 0 Å². The number of aromatic nitrogens is 2. The number of rotatable bonds is 14. The van der Waals surface area contributed by atoms with E-state index in [1.54, 1.807) is 10.8 Å². The molecule has 6 rings (SSSR count). The third-order valence-corrected chi connectivity index (χ3v) is 10.0. The summed E-state index contributed by atoms with van der Waals surface area (Å²) in [6.45, 7) is 12.9. The standard InChI is InChI=1S/C44H53N5O3/c1-31(2)36-21-12-22-37(32(3)4)40(36)46-44(51)47-41-39(34-19-11-20-35(30-34)52-29-15-27-48-25-9-6-10-26-48)38-23-13-24-45-42(38)49(43(41)50)28-14-18-33-16-7-5-8-17-33/h5,7-8,11-13,16-17,19-24,30-32H,6,9-10,14-15,18,25-29H2,1-4H3,(H2,46,47,51). The minimum absolute atomic E-state index is 0.195. The van der Waals surface area contributed by atoms with Crippen LogP contribution in [-0.2, 0) is 13.0 Å². The molecule has 0 aliphatic carbocycles. The van der Waals surface area contributed by atoms with E-state index in [0.29, 0.717) is 24.4 Å². The summed E-state index contributed by atoms with van der Waals surface area (Å²) in [4.78, 5) is 36.0. The summed E-state index contributed by atoms with van der Waals surface area (Å²) in [6.07, 6.45) is 8.08. The largest absolute Gasteiger partial charge is 0.494 e. The Kier molecular flexibility index (Phi) is 12.4. The normalized spacial score (nSPS) is 13.5. The first-order valence-electron chi connectivity index (χ1n) is 19.0. The fourth-order valence-electron chi connectivity index (χ4n) is 7.35. The summed E-state index contributed by atoms with van der Waals surface area (Å²) in [5.74, 6) is 1.12. The predicted octanol–water partition coefficient (Wildman–Crippen LogP) is 9.84. The number of hydrogen-bond acceptors (Lipinski definition) is 5. The third kappa shape index (κ3) is 8.91. The third-order valence-electron chi connectivity index (χ3n) is 10.0. The maximum absolute atomic E-state index is 14.6. The van der Waals surface area contributed by atoms with Crippen LogP contribution in [0.25, 0.3) is 22.2 Å². The molecule has 0 unspecified atom stereocenters. The zero-order valence-corrected chi connectivity index (χ0v) is 31.2. The summed E-state index contributed by atoms with van der Waals surface area (Å²) in [6, 6.07) is 27.6. The maximum atomic E-state index is 14.6. The molecule has 8 nitrogen and oxygen atoms in total. The molecule has 272 valence electrons. The fourth-order valence-corrected chi connectivity index (χ4v) is 7.35. The summed E-state index contributed by atoms with van der Waals surface area (Å²) in [7, 11) is 0. The summed E-state index contributed by atoms with van der Waals surface area (Å²) >= 11 is 0. The number of likely N-dealkylation sites (tertiary alicyclic amines) is 1. The van der Waals surface area contributed by atoms with Crippen LogP contribution in [0.15, 0.2) is 95.9 Å². The van der Waals surface area contributed by atoms with Crippen LogP contribution < -0.4 is 20.9 Å². The first-order valence-corrected chi connectivity index (χ1v) is 19.0. The Hall–Kier alpha value is -4.95. The van der Waals surface area contributed by atoms with E-state index in [2.05, 4.69) is 67.5 Å². The average molecular weight is 700 g/mol. The maximum Gasteiger partial charge on any atom is 0.323 e. The van der Waals surface area contributed by atoms with Crippen LogP contribution in [0, 0.1) is 0 Å².